The minimum absolute atomic E-state index is 0.119. The standard InChI is InChI=1S/C9H18O2.C8H16O2.2C8H16O.C7H14O2.C7H14O/c1-8(2)7-9(10)3-5-11-6-4-9;1-7(2)3-8(4-9)5-10-6-8;1-7(2)4-8(3)5-9-6-8;1-7(2)5-8-3-4-9-6-8;1-6(2)3-7(8)4-9-5-7;1-6(2)3-7-4-8-5-7/h8,10H,3-7H2,1-2H3;7,9H,3-6H2,1-2H3;7H,4-6H2,1-3H3;7-8H,3-6H2,1-2H3;6,8H,3-5H2,1-2H3;6-7H,3-5H2,1-2H3. The lowest BCUT2D eigenvalue weighted by Gasteiger charge is -2.41. The molecule has 6 aliphatic rings. The molecule has 6 fully saturated rings. The van der Waals surface area contributed by atoms with Gasteiger partial charge in [-0.3, -0.25) is 0 Å². The second-order valence-corrected chi connectivity index (χ2v) is 21.3. The van der Waals surface area contributed by atoms with Gasteiger partial charge in [0, 0.05) is 43.2 Å². The van der Waals surface area contributed by atoms with Gasteiger partial charge in [0.1, 0.15) is 5.60 Å². The Labute approximate surface area is 346 Å². The van der Waals surface area contributed by atoms with Crippen LogP contribution in [0.5, 0.6) is 0 Å². The van der Waals surface area contributed by atoms with Crippen molar-refractivity contribution in [3.05, 3.63) is 0 Å². The summed E-state index contributed by atoms with van der Waals surface area (Å²) in [7, 11) is 0. The second kappa shape index (κ2) is 27.5. The highest BCUT2D eigenvalue weighted by atomic mass is 16.5. The Morgan fingerprint density at radius 2 is 0.911 bits per heavy atom. The molecule has 56 heavy (non-hydrogen) atoms. The predicted molar refractivity (Wildman–Crippen MR) is 230 cm³/mol. The number of aliphatic hydroxyl groups excluding tert-OH is 1. The van der Waals surface area contributed by atoms with Crippen molar-refractivity contribution < 1.29 is 43.7 Å². The zero-order valence-electron chi connectivity index (χ0n) is 39.0. The van der Waals surface area contributed by atoms with Crippen molar-refractivity contribution in [2.24, 2.45) is 58.2 Å². The summed E-state index contributed by atoms with van der Waals surface area (Å²) in [6.45, 7) is 39.1. The molecule has 336 valence electrons. The third-order valence-electron chi connectivity index (χ3n) is 10.9. The van der Waals surface area contributed by atoms with E-state index in [1.807, 2.05) is 0 Å². The van der Waals surface area contributed by atoms with E-state index >= 15 is 0 Å². The van der Waals surface area contributed by atoms with E-state index in [0.29, 0.717) is 36.4 Å². The lowest BCUT2D eigenvalue weighted by molar-refractivity contribution is -0.185. The van der Waals surface area contributed by atoms with E-state index in [0.717, 1.165) is 128 Å². The van der Waals surface area contributed by atoms with Crippen LogP contribution in [-0.4, -0.2) is 112 Å². The third kappa shape index (κ3) is 24.7. The topological polar surface area (TPSA) is 116 Å². The molecule has 0 radical (unpaired) electrons. The quantitative estimate of drug-likeness (QED) is 0.168. The molecule has 0 aromatic carbocycles. The number of ether oxygens (including phenoxy) is 6. The van der Waals surface area contributed by atoms with Gasteiger partial charge in [0.15, 0.2) is 0 Å². The van der Waals surface area contributed by atoms with Gasteiger partial charge in [0.05, 0.1) is 65.1 Å². The Morgan fingerprint density at radius 3 is 1.14 bits per heavy atom. The largest absolute Gasteiger partial charge is 0.396 e. The summed E-state index contributed by atoms with van der Waals surface area (Å²) < 4.78 is 30.6. The van der Waals surface area contributed by atoms with Gasteiger partial charge in [0.2, 0.25) is 0 Å². The molecule has 6 saturated heterocycles. The van der Waals surface area contributed by atoms with Crippen LogP contribution in [0.4, 0.5) is 0 Å². The van der Waals surface area contributed by atoms with Crippen LogP contribution in [0.15, 0.2) is 0 Å². The molecule has 6 aliphatic heterocycles. The molecule has 6 rings (SSSR count). The molecule has 0 saturated carbocycles. The van der Waals surface area contributed by atoms with Crippen molar-refractivity contribution in [3.8, 4) is 0 Å². The maximum absolute atomic E-state index is 9.96. The zero-order chi connectivity index (χ0) is 42.4. The van der Waals surface area contributed by atoms with Gasteiger partial charge in [0.25, 0.3) is 0 Å². The molecule has 6 heterocycles. The average Bonchev–Trinajstić information content (AvgIpc) is 3.52. The molecule has 0 aromatic rings. The fourth-order valence-electron chi connectivity index (χ4n) is 8.54. The van der Waals surface area contributed by atoms with Crippen LogP contribution in [-0.2, 0) is 28.4 Å². The van der Waals surface area contributed by atoms with Gasteiger partial charge in [-0.1, -0.05) is 90.0 Å². The Morgan fingerprint density at radius 1 is 0.464 bits per heavy atom. The summed E-state index contributed by atoms with van der Waals surface area (Å²) in [6.07, 6.45) is 9.79. The average molecular weight is 803 g/mol. The molecule has 9 nitrogen and oxygen atoms in total. The smallest absolute Gasteiger partial charge is 0.111 e. The molecule has 1 unspecified atom stereocenters. The zero-order valence-corrected chi connectivity index (χ0v) is 39.0. The Hall–Kier alpha value is -0.360. The maximum atomic E-state index is 9.96. The first-order valence-corrected chi connectivity index (χ1v) is 22.7. The van der Waals surface area contributed by atoms with Crippen LogP contribution in [0.25, 0.3) is 0 Å². The Bertz CT molecular complexity index is 906. The van der Waals surface area contributed by atoms with Crippen molar-refractivity contribution in [1.29, 1.82) is 0 Å². The van der Waals surface area contributed by atoms with E-state index in [1.54, 1.807) is 0 Å². The van der Waals surface area contributed by atoms with Crippen LogP contribution in [0.3, 0.4) is 0 Å². The summed E-state index contributed by atoms with van der Waals surface area (Å²) in [5, 5.41) is 28.4. The fourth-order valence-corrected chi connectivity index (χ4v) is 8.54. The van der Waals surface area contributed by atoms with Crippen LogP contribution in [0, 0.1) is 58.2 Å². The van der Waals surface area contributed by atoms with Crippen molar-refractivity contribution in [2.75, 3.05) is 85.9 Å². The normalized spacial score (nSPS) is 24.0. The summed E-state index contributed by atoms with van der Waals surface area (Å²) in [5.41, 5.74) is -0.261. The van der Waals surface area contributed by atoms with E-state index in [9.17, 15) is 10.2 Å². The predicted octanol–water partition coefficient (Wildman–Crippen LogP) is 9.23. The van der Waals surface area contributed by atoms with Gasteiger partial charge in [-0.25, -0.2) is 0 Å². The highest BCUT2D eigenvalue weighted by Crippen LogP contribution is 2.34. The summed E-state index contributed by atoms with van der Waals surface area (Å²) in [4.78, 5) is 0. The van der Waals surface area contributed by atoms with Crippen LogP contribution in [0.2, 0.25) is 0 Å². The molecule has 0 aliphatic carbocycles. The molecule has 9 heteroatoms. The molecule has 0 bridgehead atoms. The van der Waals surface area contributed by atoms with Crippen LogP contribution < -0.4 is 0 Å². The van der Waals surface area contributed by atoms with E-state index < -0.39 is 11.2 Å². The fraction of sp³-hybridized carbons (Fsp3) is 1.00. The van der Waals surface area contributed by atoms with Gasteiger partial charge in [-0.05, 0) is 99.2 Å². The minimum Gasteiger partial charge on any atom is -0.396 e. The van der Waals surface area contributed by atoms with E-state index in [-0.39, 0.29) is 12.0 Å². The number of hydrogen-bond acceptors (Lipinski definition) is 9. The minimum atomic E-state index is -0.478. The second-order valence-electron chi connectivity index (χ2n) is 21.3. The van der Waals surface area contributed by atoms with Gasteiger partial charge in [-0.15, -0.1) is 0 Å². The molecule has 0 spiro atoms. The van der Waals surface area contributed by atoms with Crippen LogP contribution in [0.1, 0.15) is 148 Å². The lowest BCUT2D eigenvalue weighted by atomic mass is 9.79. The summed E-state index contributed by atoms with van der Waals surface area (Å²) >= 11 is 0. The Kier molecular flexibility index (Phi) is 26.3. The highest BCUT2D eigenvalue weighted by molar-refractivity contribution is 4.86. The molecular formula is C47H94O9. The van der Waals surface area contributed by atoms with Crippen LogP contribution >= 0.6 is 0 Å². The van der Waals surface area contributed by atoms with E-state index in [1.165, 1.54) is 25.7 Å². The summed E-state index contributed by atoms with van der Waals surface area (Å²) in [5.74, 6) is 6.08. The molecule has 0 aromatic heterocycles. The SMILES string of the molecule is CC(C)CC1(C)COC1.CC(C)CC1(CO)COC1.CC(C)CC1(O)CCOCC1.CC(C)CC1(O)COC1.CC(C)CC1CCOC1.CC(C)CC1COC1. The maximum Gasteiger partial charge on any atom is 0.111 e. The third-order valence-corrected chi connectivity index (χ3v) is 10.9. The number of hydrogen-bond donors (Lipinski definition) is 3. The van der Waals surface area contributed by atoms with Crippen molar-refractivity contribution >= 4 is 0 Å². The van der Waals surface area contributed by atoms with Crippen molar-refractivity contribution in [3.63, 3.8) is 0 Å². The first-order chi connectivity index (χ1) is 26.1. The van der Waals surface area contributed by atoms with E-state index in [4.69, 9.17) is 33.5 Å². The first-order valence-electron chi connectivity index (χ1n) is 22.7. The Balaban J connectivity index is 0.000000337. The summed E-state index contributed by atoms with van der Waals surface area (Å²) in [6, 6.07) is 0. The highest BCUT2D eigenvalue weighted by Gasteiger charge is 2.38. The molecular weight excluding hydrogens is 709 g/mol. The molecule has 1 atom stereocenters. The number of rotatable bonds is 13. The van der Waals surface area contributed by atoms with E-state index in [2.05, 4.69) is 90.0 Å². The first kappa shape index (κ1) is 53.7. The molecule has 3 N–H and O–H groups in total. The van der Waals surface area contributed by atoms with Crippen molar-refractivity contribution in [2.45, 2.75) is 159 Å². The van der Waals surface area contributed by atoms with Crippen molar-refractivity contribution in [1.82, 2.24) is 0 Å². The molecule has 0 amide bonds. The monoisotopic (exact) mass is 803 g/mol. The van der Waals surface area contributed by atoms with Gasteiger partial charge >= 0.3 is 0 Å². The number of aliphatic hydroxyl groups is 3. The van der Waals surface area contributed by atoms with Gasteiger partial charge < -0.3 is 43.7 Å². The lowest BCUT2D eigenvalue weighted by Crippen LogP contribution is -2.50. The van der Waals surface area contributed by atoms with Gasteiger partial charge in [-0.2, -0.15) is 0 Å².